The number of ether oxygens (including phenoxy) is 2. The number of carbonyl (C=O) groups excluding carboxylic acids is 3. The van der Waals surface area contributed by atoms with Crippen LogP contribution in [-0.2, 0) is 29.1 Å². The number of aryl methyl sites for hydroxylation is 1. The molecule has 1 atom stereocenters. The van der Waals surface area contributed by atoms with Crippen LogP contribution in [-0.4, -0.2) is 74.5 Å². The second-order valence-electron chi connectivity index (χ2n) is 8.64. The minimum atomic E-state index is -4.02. The normalized spacial score (nSPS) is 12.8. The molecule has 10 nitrogen and oxygen atoms in total. The van der Waals surface area contributed by atoms with Gasteiger partial charge in [-0.2, -0.15) is 4.31 Å². The highest BCUT2D eigenvalue weighted by Gasteiger charge is 2.39. The fourth-order valence-corrected chi connectivity index (χ4v) is 4.05. The van der Waals surface area contributed by atoms with Crippen molar-refractivity contribution in [3.8, 4) is 0 Å². The number of rotatable bonds is 10. The Labute approximate surface area is 196 Å². The average molecular weight is 486 g/mol. The molecule has 0 aromatic heterocycles. The fourth-order valence-electron chi connectivity index (χ4n) is 2.93. The molecule has 0 aliphatic rings. The Morgan fingerprint density at radius 3 is 2.15 bits per heavy atom. The van der Waals surface area contributed by atoms with Gasteiger partial charge in [-0.3, -0.25) is 4.79 Å². The molecule has 0 unspecified atom stereocenters. The van der Waals surface area contributed by atoms with Crippen molar-refractivity contribution in [1.82, 2.24) is 9.21 Å². The fraction of sp³-hybridized carbons (Fsp3) is 0.591. The van der Waals surface area contributed by atoms with Crippen molar-refractivity contribution >= 4 is 28.0 Å². The van der Waals surface area contributed by atoms with E-state index in [-0.39, 0.29) is 11.3 Å². The summed E-state index contributed by atoms with van der Waals surface area (Å²) in [4.78, 5) is 39.2. The summed E-state index contributed by atoms with van der Waals surface area (Å²) in [6, 6.07) is 4.86. The van der Waals surface area contributed by atoms with E-state index in [0.29, 0.717) is 24.3 Å². The van der Waals surface area contributed by atoms with E-state index >= 15 is 0 Å². The predicted molar refractivity (Wildman–Crippen MR) is 123 cm³/mol. The molecule has 0 radical (unpaired) electrons. The number of carbonyl (C=O) groups is 3. The van der Waals surface area contributed by atoms with Crippen LogP contribution < -0.4 is 5.73 Å². The lowest BCUT2D eigenvalue weighted by Gasteiger charge is -2.31. The van der Waals surface area contributed by atoms with E-state index in [1.807, 2.05) is 6.92 Å². The molecule has 0 heterocycles. The van der Waals surface area contributed by atoms with Crippen molar-refractivity contribution < 1.29 is 32.3 Å². The van der Waals surface area contributed by atoms with Crippen molar-refractivity contribution in [1.29, 1.82) is 0 Å². The molecule has 1 aromatic carbocycles. The third-order valence-electron chi connectivity index (χ3n) is 4.66. The summed E-state index contributed by atoms with van der Waals surface area (Å²) in [6.07, 6.45) is 0.0478. The van der Waals surface area contributed by atoms with E-state index < -0.39 is 46.2 Å². The zero-order chi connectivity index (χ0) is 25.4. The Hall–Kier alpha value is -2.50. The monoisotopic (exact) mass is 485 g/mol. The van der Waals surface area contributed by atoms with Gasteiger partial charge in [-0.25, -0.2) is 22.9 Å². The largest absolute Gasteiger partial charge is 0.467 e. The second kappa shape index (κ2) is 12.1. The van der Waals surface area contributed by atoms with Crippen LogP contribution in [0.2, 0.25) is 0 Å². The highest BCUT2D eigenvalue weighted by Crippen LogP contribution is 2.19. The maximum Gasteiger partial charge on any atom is 0.417 e. The molecule has 33 heavy (non-hydrogen) atoms. The second-order valence-corrected chi connectivity index (χ2v) is 10.7. The number of sulfonamides is 1. The number of amides is 2. The number of hydrogen-bond donors (Lipinski definition) is 1. The van der Waals surface area contributed by atoms with E-state index in [2.05, 4.69) is 0 Å². The third-order valence-corrected chi connectivity index (χ3v) is 6.48. The Bertz CT molecular complexity index is 924. The van der Waals surface area contributed by atoms with Crippen molar-refractivity contribution in [2.45, 2.75) is 63.5 Å². The maximum atomic E-state index is 13.2. The number of esters is 1. The minimum absolute atomic E-state index is 0.000295. The molecule has 0 saturated carbocycles. The van der Waals surface area contributed by atoms with E-state index in [1.54, 1.807) is 32.9 Å². The van der Waals surface area contributed by atoms with Gasteiger partial charge in [-0.05, 0) is 65.6 Å². The summed E-state index contributed by atoms with van der Waals surface area (Å²) >= 11 is 0. The van der Waals surface area contributed by atoms with E-state index in [0.717, 1.165) is 17.0 Å². The number of unbranched alkanes of at least 4 members (excludes halogenated alkanes) is 1. The molecule has 0 fully saturated rings. The minimum Gasteiger partial charge on any atom is -0.467 e. The molecule has 0 aliphatic carbocycles. The highest BCUT2D eigenvalue weighted by molar-refractivity contribution is 7.89. The smallest absolute Gasteiger partial charge is 0.417 e. The topological polar surface area (TPSA) is 136 Å². The van der Waals surface area contributed by atoms with Crippen LogP contribution in [0.5, 0.6) is 0 Å². The van der Waals surface area contributed by atoms with Crippen LogP contribution in [0.25, 0.3) is 0 Å². The third kappa shape index (κ3) is 8.41. The molecule has 1 aromatic rings. The first-order chi connectivity index (χ1) is 15.2. The molecular weight excluding hydrogens is 450 g/mol. The molecule has 0 aliphatic heterocycles. The Balaban J connectivity index is 3.26. The van der Waals surface area contributed by atoms with Gasteiger partial charge < -0.3 is 15.2 Å². The molecule has 1 rings (SSSR count). The van der Waals surface area contributed by atoms with Gasteiger partial charge in [-0.1, -0.05) is 17.7 Å². The molecule has 11 heteroatoms. The number of likely N-dealkylation sites (N-methyl/N-ethyl adjacent to an activating group) is 1. The Kier molecular flexibility index (Phi) is 10.5. The molecule has 0 saturated heterocycles. The number of hydrogen-bond acceptors (Lipinski definition) is 8. The number of nitrogens with zero attached hydrogens (tertiary/aromatic N) is 2. The summed E-state index contributed by atoms with van der Waals surface area (Å²) in [7, 11) is -1.65. The van der Waals surface area contributed by atoms with E-state index in [4.69, 9.17) is 15.2 Å². The molecule has 0 spiro atoms. The number of nitrogens with two attached hydrogens (primary N) is 1. The Morgan fingerprint density at radius 2 is 1.67 bits per heavy atom. The summed E-state index contributed by atoms with van der Waals surface area (Å²) < 4.78 is 36.8. The average Bonchev–Trinajstić information content (AvgIpc) is 2.71. The van der Waals surface area contributed by atoms with E-state index in [1.165, 1.54) is 19.2 Å². The summed E-state index contributed by atoms with van der Waals surface area (Å²) in [5.74, 6) is -1.72. The van der Waals surface area contributed by atoms with Crippen LogP contribution >= 0.6 is 0 Å². The van der Waals surface area contributed by atoms with Crippen molar-refractivity contribution in [3.05, 3.63) is 29.8 Å². The number of imide groups is 1. The van der Waals surface area contributed by atoms with Crippen LogP contribution in [0.15, 0.2) is 29.2 Å². The predicted octanol–water partition coefficient (Wildman–Crippen LogP) is 2.05. The standard InChI is InChI=1S/C22H35N3O7S/c1-16-10-12-17(13-11-16)33(29,30)24(5)15-19(26)25(21(28)32-22(2,3)4)18(20(27)31-6)9-7-8-14-23/h10-13,18H,7-9,14-15,23H2,1-6H3/t18-/m0/s1. The maximum absolute atomic E-state index is 13.2. The van der Waals surface area contributed by atoms with Gasteiger partial charge in [0.25, 0.3) is 0 Å². The first-order valence-corrected chi connectivity index (χ1v) is 12.0. The van der Waals surface area contributed by atoms with E-state index in [9.17, 15) is 22.8 Å². The first-order valence-electron chi connectivity index (χ1n) is 10.6. The lowest BCUT2D eigenvalue weighted by Crippen LogP contribution is -2.53. The van der Waals surface area contributed by atoms with Crippen LogP contribution in [0.3, 0.4) is 0 Å². The van der Waals surface area contributed by atoms with Gasteiger partial charge in [0.1, 0.15) is 11.6 Å². The molecule has 186 valence electrons. The lowest BCUT2D eigenvalue weighted by atomic mass is 10.1. The lowest BCUT2D eigenvalue weighted by molar-refractivity contribution is -0.152. The highest BCUT2D eigenvalue weighted by atomic mass is 32.2. The van der Waals surface area contributed by atoms with Crippen LogP contribution in [0.4, 0.5) is 4.79 Å². The first kappa shape index (κ1) is 28.5. The van der Waals surface area contributed by atoms with Crippen LogP contribution in [0.1, 0.15) is 45.6 Å². The van der Waals surface area contributed by atoms with Gasteiger partial charge in [0, 0.05) is 7.05 Å². The van der Waals surface area contributed by atoms with Crippen molar-refractivity contribution in [2.24, 2.45) is 5.73 Å². The molecule has 2 N–H and O–H groups in total. The summed E-state index contributed by atoms with van der Waals surface area (Å²) in [5.41, 5.74) is 5.44. The summed E-state index contributed by atoms with van der Waals surface area (Å²) in [6.45, 7) is 6.35. The van der Waals surface area contributed by atoms with Crippen molar-refractivity contribution in [3.63, 3.8) is 0 Å². The zero-order valence-electron chi connectivity index (χ0n) is 20.2. The van der Waals surface area contributed by atoms with Gasteiger partial charge in [-0.15, -0.1) is 0 Å². The number of methoxy groups -OCH3 is 1. The Morgan fingerprint density at radius 1 is 1.09 bits per heavy atom. The molecule has 0 bridgehead atoms. The van der Waals surface area contributed by atoms with Gasteiger partial charge in [0.05, 0.1) is 18.6 Å². The van der Waals surface area contributed by atoms with Gasteiger partial charge >= 0.3 is 12.1 Å². The summed E-state index contributed by atoms with van der Waals surface area (Å²) in [5, 5.41) is 0. The number of benzene rings is 1. The van der Waals surface area contributed by atoms with Gasteiger partial charge in [0.2, 0.25) is 15.9 Å². The van der Waals surface area contributed by atoms with Crippen molar-refractivity contribution in [2.75, 3.05) is 27.2 Å². The zero-order valence-corrected chi connectivity index (χ0v) is 21.0. The van der Waals surface area contributed by atoms with Gasteiger partial charge in [0.15, 0.2) is 0 Å². The quantitative estimate of drug-likeness (QED) is 0.393. The molecule has 2 amide bonds. The van der Waals surface area contributed by atoms with Crippen LogP contribution in [0, 0.1) is 6.92 Å². The molecular formula is C22H35N3O7S. The SMILES string of the molecule is COC(=O)[C@H](CCCCN)N(C(=O)CN(C)S(=O)(=O)c1ccc(C)cc1)C(=O)OC(C)(C)C.